The molecule has 0 heterocycles. The SMILES string of the molecule is C=CCCCCCCCCC(=O)O[C@@H]1C[C@H](O)[C@H](C/C=C\CCCC(=O)OC(C)C)[C@H]1CC[C@@H](O)CCc1ccccc1. The fourth-order valence-electron chi connectivity index (χ4n) is 6.07. The number of carbonyl (C=O) groups is 2. The Morgan fingerprint density at radius 3 is 2.33 bits per heavy atom. The molecule has 2 N–H and O–H groups in total. The fourth-order valence-corrected chi connectivity index (χ4v) is 6.07. The first-order valence-electron chi connectivity index (χ1n) is 16.8. The highest BCUT2D eigenvalue weighted by Gasteiger charge is 2.43. The van der Waals surface area contributed by atoms with Gasteiger partial charge in [-0.25, -0.2) is 0 Å². The molecule has 0 aromatic heterocycles. The average molecular weight is 599 g/mol. The van der Waals surface area contributed by atoms with Crippen molar-refractivity contribution in [3.8, 4) is 0 Å². The molecule has 242 valence electrons. The van der Waals surface area contributed by atoms with Gasteiger partial charge < -0.3 is 19.7 Å². The van der Waals surface area contributed by atoms with Gasteiger partial charge in [0.25, 0.3) is 0 Å². The average Bonchev–Trinajstić information content (AvgIpc) is 3.27. The van der Waals surface area contributed by atoms with Crippen LogP contribution in [0.1, 0.15) is 122 Å². The van der Waals surface area contributed by atoms with Crippen molar-refractivity contribution in [1.82, 2.24) is 0 Å². The van der Waals surface area contributed by atoms with Gasteiger partial charge in [0, 0.05) is 25.2 Å². The third-order valence-corrected chi connectivity index (χ3v) is 8.45. The van der Waals surface area contributed by atoms with E-state index >= 15 is 0 Å². The number of aryl methyl sites for hydroxylation is 1. The lowest BCUT2D eigenvalue weighted by molar-refractivity contribution is -0.151. The van der Waals surface area contributed by atoms with Gasteiger partial charge in [0.1, 0.15) is 6.10 Å². The normalized spacial score (nSPS) is 20.9. The first-order valence-corrected chi connectivity index (χ1v) is 16.8. The van der Waals surface area contributed by atoms with E-state index < -0.39 is 12.2 Å². The lowest BCUT2D eigenvalue weighted by Gasteiger charge is -2.26. The van der Waals surface area contributed by atoms with Gasteiger partial charge >= 0.3 is 11.9 Å². The van der Waals surface area contributed by atoms with E-state index in [9.17, 15) is 19.8 Å². The minimum atomic E-state index is -0.550. The Labute approximate surface area is 260 Å². The van der Waals surface area contributed by atoms with Crippen LogP contribution in [0.25, 0.3) is 0 Å². The van der Waals surface area contributed by atoms with Crippen LogP contribution in [0, 0.1) is 11.8 Å². The van der Waals surface area contributed by atoms with E-state index in [4.69, 9.17) is 9.47 Å². The number of hydrogen-bond acceptors (Lipinski definition) is 6. The van der Waals surface area contributed by atoms with Crippen molar-refractivity contribution >= 4 is 11.9 Å². The summed E-state index contributed by atoms with van der Waals surface area (Å²) in [5.74, 6) is -0.380. The summed E-state index contributed by atoms with van der Waals surface area (Å²) >= 11 is 0. The number of hydrogen-bond donors (Lipinski definition) is 2. The molecule has 0 bridgehead atoms. The van der Waals surface area contributed by atoms with Crippen molar-refractivity contribution in [3.63, 3.8) is 0 Å². The smallest absolute Gasteiger partial charge is 0.306 e. The number of unbranched alkanes of at least 4 members (excludes halogenated alkanes) is 7. The van der Waals surface area contributed by atoms with E-state index in [1.54, 1.807) is 0 Å². The molecule has 0 amide bonds. The van der Waals surface area contributed by atoms with Gasteiger partial charge in [-0.2, -0.15) is 0 Å². The zero-order chi connectivity index (χ0) is 31.3. The van der Waals surface area contributed by atoms with Gasteiger partial charge in [-0.1, -0.05) is 74.2 Å². The molecule has 1 aliphatic carbocycles. The first-order chi connectivity index (χ1) is 20.8. The summed E-state index contributed by atoms with van der Waals surface area (Å²) in [5.41, 5.74) is 1.21. The summed E-state index contributed by atoms with van der Waals surface area (Å²) in [4.78, 5) is 24.5. The molecular weight excluding hydrogens is 540 g/mol. The van der Waals surface area contributed by atoms with E-state index in [1.165, 1.54) is 24.8 Å². The zero-order valence-electron chi connectivity index (χ0n) is 26.8. The van der Waals surface area contributed by atoms with Crippen molar-refractivity contribution in [2.45, 2.75) is 147 Å². The van der Waals surface area contributed by atoms with E-state index in [1.807, 2.05) is 38.1 Å². The molecule has 43 heavy (non-hydrogen) atoms. The van der Waals surface area contributed by atoms with Crippen LogP contribution in [0.5, 0.6) is 0 Å². The van der Waals surface area contributed by atoms with Crippen LogP contribution in [-0.2, 0) is 25.5 Å². The molecule has 0 aliphatic heterocycles. The summed E-state index contributed by atoms with van der Waals surface area (Å²) in [6.07, 6.45) is 18.6. The van der Waals surface area contributed by atoms with Crippen molar-refractivity contribution in [1.29, 1.82) is 0 Å². The number of aliphatic hydroxyl groups is 2. The second kappa shape index (κ2) is 22.1. The highest BCUT2D eigenvalue weighted by atomic mass is 16.5. The molecule has 0 saturated heterocycles. The maximum Gasteiger partial charge on any atom is 0.306 e. The monoisotopic (exact) mass is 598 g/mol. The molecule has 0 spiro atoms. The molecule has 1 aliphatic rings. The van der Waals surface area contributed by atoms with Gasteiger partial charge in [-0.3, -0.25) is 9.59 Å². The quantitative estimate of drug-likeness (QED) is 0.0752. The van der Waals surface area contributed by atoms with Gasteiger partial charge in [0.05, 0.1) is 18.3 Å². The first kappa shape index (κ1) is 36.8. The topological polar surface area (TPSA) is 93.1 Å². The molecule has 1 aromatic carbocycles. The van der Waals surface area contributed by atoms with E-state index in [0.29, 0.717) is 44.9 Å². The van der Waals surface area contributed by atoms with Crippen LogP contribution in [0.3, 0.4) is 0 Å². The fraction of sp³-hybridized carbons (Fsp3) is 0.676. The standard InChI is InChI=1S/C37H58O6/c1-4-5-6-7-8-9-10-17-23-37(41)43-35-28-34(39)32(21-16-11-12-18-22-36(40)42-29(2)3)33(35)27-26-31(38)25-24-30-19-14-13-15-20-30/h4,11,13-16,19-20,29,31-35,38-39H,1,5-10,12,17-18,21-28H2,2-3H3/b16-11-/t31-,32+,33+,34-,35+/m0/s1. The molecule has 6 heteroatoms. The number of carbonyl (C=O) groups excluding carboxylic acids is 2. The number of esters is 2. The highest BCUT2D eigenvalue weighted by Crippen LogP contribution is 2.40. The largest absolute Gasteiger partial charge is 0.463 e. The van der Waals surface area contributed by atoms with Gasteiger partial charge in [0.15, 0.2) is 0 Å². The van der Waals surface area contributed by atoms with E-state index in [-0.39, 0.29) is 36.0 Å². The Hall–Kier alpha value is -2.44. The lowest BCUT2D eigenvalue weighted by Crippen LogP contribution is -2.27. The zero-order valence-corrected chi connectivity index (χ0v) is 26.8. The maximum absolute atomic E-state index is 12.8. The summed E-state index contributed by atoms with van der Waals surface area (Å²) in [6, 6.07) is 10.2. The Kier molecular flexibility index (Phi) is 18.9. The van der Waals surface area contributed by atoms with Crippen molar-refractivity contribution in [3.05, 3.63) is 60.7 Å². The molecule has 2 rings (SSSR count). The minimum absolute atomic E-state index is 0.000792. The number of allylic oxidation sites excluding steroid dienone is 3. The number of benzene rings is 1. The summed E-state index contributed by atoms with van der Waals surface area (Å²) in [6.45, 7) is 7.46. The lowest BCUT2D eigenvalue weighted by atomic mass is 9.85. The van der Waals surface area contributed by atoms with Crippen LogP contribution >= 0.6 is 0 Å². The van der Waals surface area contributed by atoms with Crippen molar-refractivity contribution in [2.24, 2.45) is 11.8 Å². The predicted octanol–water partition coefficient (Wildman–Crippen LogP) is 8.04. The van der Waals surface area contributed by atoms with Crippen LogP contribution in [0.15, 0.2) is 55.1 Å². The third kappa shape index (κ3) is 16.3. The Morgan fingerprint density at radius 1 is 0.907 bits per heavy atom. The highest BCUT2D eigenvalue weighted by molar-refractivity contribution is 5.69. The second-order valence-corrected chi connectivity index (χ2v) is 12.5. The third-order valence-electron chi connectivity index (χ3n) is 8.45. The van der Waals surface area contributed by atoms with Gasteiger partial charge in [0.2, 0.25) is 0 Å². The maximum atomic E-state index is 12.8. The molecule has 1 saturated carbocycles. The number of rotatable bonds is 23. The van der Waals surface area contributed by atoms with Crippen molar-refractivity contribution in [2.75, 3.05) is 0 Å². The molecule has 1 fully saturated rings. The minimum Gasteiger partial charge on any atom is -0.463 e. The van der Waals surface area contributed by atoms with Crippen LogP contribution < -0.4 is 0 Å². The molecule has 6 nitrogen and oxygen atoms in total. The Bertz CT molecular complexity index is 926. The van der Waals surface area contributed by atoms with Gasteiger partial charge in [-0.05, 0) is 89.5 Å². The molecule has 0 unspecified atom stereocenters. The van der Waals surface area contributed by atoms with Crippen LogP contribution in [-0.4, -0.2) is 46.6 Å². The molecule has 1 aromatic rings. The van der Waals surface area contributed by atoms with Gasteiger partial charge in [-0.15, -0.1) is 6.58 Å². The molecular formula is C37H58O6. The summed E-state index contributed by atoms with van der Waals surface area (Å²) < 4.78 is 11.2. The summed E-state index contributed by atoms with van der Waals surface area (Å²) in [7, 11) is 0. The molecule has 0 radical (unpaired) electrons. The van der Waals surface area contributed by atoms with E-state index in [0.717, 1.165) is 44.9 Å². The van der Waals surface area contributed by atoms with Crippen LogP contribution in [0.2, 0.25) is 0 Å². The predicted molar refractivity (Wildman–Crippen MR) is 173 cm³/mol. The number of ether oxygens (including phenoxy) is 2. The van der Waals surface area contributed by atoms with E-state index in [2.05, 4.69) is 30.9 Å². The Morgan fingerprint density at radius 2 is 1.60 bits per heavy atom. The molecule has 5 atom stereocenters. The second-order valence-electron chi connectivity index (χ2n) is 12.5. The number of aliphatic hydroxyl groups excluding tert-OH is 2. The summed E-state index contributed by atoms with van der Waals surface area (Å²) in [5, 5.41) is 21.8. The van der Waals surface area contributed by atoms with Crippen LogP contribution in [0.4, 0.5) is 0 Å². The Balaban J connectivity index is 1.86. The van der Waals surface area contributed by atoms with Crippen molar-refractivity contribution < 1.29 is 29.3 Å².